The Morgan fingerprint density at radius 1 is 1.35 bits per heavy atom. The molecule has 94 valence electrons. The van der Waals surface area contributed by atoms with Crippen LogP contribution in [0.3, 0.4) is 0 Å². The van der Waals surface area contributed by atoms with Gasteiger partial charge in [0.1, 0.15) is 0 Å². The van der Waals surface area contributed by atoms with Crippen molar-refractivity contribution in [2.45, 2.75) is 18.9 Å². The lowest BCUT2D eigenvalue weighted by Gasteiger charge is -2.46. The lowest BCUT2D eigenvalue weighted by molar-refractivity contribution is 0.00763. The molecule has 0 spiro atoms. The summed E-state index contributed by atoms with van der Waals surface area (Å²) in [5.41, 5.74) is -1.61. The van der Waals surface area contributed by atoms with E-state index in [0.717, 1.165) is 9.25 Å². The SMILES string of the molecule is CCC1(O)CN(c2nn(C)c(=O)n(C)c2=O)C1. The first-order chi connectivity index (χ1) is 7.88. The molecule has 7 heteroatoms. The van der Waals surface area contributed by atoms with Gasteiger partial charge in [0.2, 0.25) is 5.82 Å². The second kappa shape index (κ2) is 3.69. The molecule has 1 aliphatic rings. The molecule has 1 aromatic rings. The number of aromatic nitrogens is 3. The highest BCUT2D eigenvalue weighted by Crippen LogP contribution is 2.26. The van der Waals surface area contributed by atoms with Crippen LogP contribution in [0.5, 0.6) is 0 Å². The standard InChI is InChI=1S/C10H16N4O3/c1-4-10(17)5-14(6-10)7-8(15)12(2)9(16)13(3)11-7/h17H,4-6H2,1-3H3. The van der Waals surface area contributed by atoms with Crippen molar-refractivity contribution in [3.05, 3.63) is 20.8 Å². The Labute approximate surface area is 97.9 Å². The van der Waals surface area contributed by atoms with Crippen molar-refractivity contribution in [1.82, 2.24) is 14.3 Å². The zero-order valence-corrected chi connectivity index (χ0v) is 10.2. The Kier molecular flexibility index (Phi) is 2.57. The van der Waals surface area contributed by atoms with Crippen LogP contribution in [0.1, 0.15) is 13.3 Å². The second-order valence-electron chi connectivity index (χ2n) is 4.53. The Morgan fingerprint density at radius 2 is 1.94 bits per heavy atom. The maximum absolute atomic E-state index is 11.8. The lowest BCUT2D eigenvalue weighted by Crippen LogP contribution is -2.63. The maximum atomic E-state index is 11.8. The summed E-state index contributed by atoms with van der Waals surface area (Å²) in [4.78, 5) is 25.0. The number of aliphatic hydroxyl groups is 1. The van der Waals surface area contributed by atoms with Crippen molar-refractivity contribution in [3.63, 3.8) is 0 Å². The number of aryl methyl sites for hydroxylation is 1. The van der Waals surface area contributed by atoms with Gasteiger partial charge in [-0.15, -0.1) is 5.10 Å². The number of nitrogens with zero attached hydrogens (tertiary/aromatic N) is 4. The van der Waals surface area contributed by atoms with Crippen molar-refractivity contribution in [1.29, 1.82) is 0 Å². The van der Waals surface area contributed by atoms with Gasteiger partial charge in [0.15, 0.2) is 0 Å². The highest BCUT2D eigenvalue weighted by Gasteiger charge is 2.41. The van der Waals surface area contributed by atoms with E-state index in [9.17, 15) is 14.7 Å². The first kappa shape index (κ1) is 11.8. The zero-order valence-electron chi connectivity index (χ0n) is 10.2. The first-order valence-electron chi connectivity index (χ1n) is 5.49. The molecule has 0 aromatic carbocycles. The quantitative estimate of drug-likeness (QED) is 0.676. The normalized spacial score (nSPS) is 18.0. The fourth-order valence-corrected chi connectivity index (χ4v) is 1.92. The lowest BCUT2D eigenvalue weighted by atomic mass is 9.91. The van der Waals surface area contributed by atoms with E-state index in [4.69, 9.17) is 0 Å². The molecule has 0 unspecified atom stereocenters. The molecule has 1 saturated heterocycles. The molecular weight excluding hydrogens is 224 g/mol. The molecule has 0 atom stereocenters. The largest absolute Gasteiger partial charge is 0.386 e. The van der Waals surface area contributed by atoms with E-state index in [1.165, 1.54) is 14.1 Å². The Bertz CT molecular complexity index is 554. The molecule has 17 heavy (non-hydrogen) atoms. The van der Waals surface area contributed by atoms with Gasteiger partial charge in [0, 0.05) is 14.1 Å². The van der Waals surface area contributed by atoms with Crippen molar-refractivity contribution >= 4 is 5.82 Å². The molecule has 7 nitrogen and oxygen atoms in total. The summed E-state index contributed by atoms with van der Waals surface area (Å²) in [6.45, 7) is 2.65. The summed E-state index contributed by atoms with van der Waals surface area (Å²) < 4.78 is 2.14. The molecule has 0 amide bonds. The minimum Gasteiger partial charge on any atom is -0.386 e. The smallest absolute Gasteiger partial charge is 0.346 e. The van der Waals surface area contributed by atoms with Crippen molar-refractivity contribution in [3.8, 4) is 0 Å². The van der Waals surface area contributed by atoms with E-state index in [1.807, 2.05) is 6.92 Å². The van der Waals surface area contributed by atoms with Crippen LogP contribution in [0.2, 0.25) is 0 Å². The van der Waals surface area contributed by atoms with Crippen LogP contribution in [0.15, 0.2) is 9.59 Å². The summed E-state index contributed by atoms with van der Waals surface area (Å²) in [5.74, 6) is 0.215. The van der Waals surface area contributed by atoms with E-state index in [1.54, 1.807) is 4.90 Å². The monoisotopic (exact) mass is 240 g/mol. The minimum atomic E-state index is -0.735. The van der Waals surface area contributed by atoms with Gasteiger partial charge in [-0.3, -0.25) is 9.36 Å². The van der Waals surface area contributed by atoms with Gasteiger partial charge in [0.25, 0.3) is 5.56 Å². The second-order valence-corrected chi connectivity index (χ2v) is 4.53. The van der Waals surface area contributed by atoms with Crippen LogP contribution in [-0.4, -0.2) is 38.1 Å². The number of rotatable bonds is 2. The maximum Gasteiger partial charge on any atom is 0.346 e. The number of hydrogen-bond donors (Lipinski definition) is 1. The van der Waals surface area contributed by atoms with Crippen LogP contribution >= 0.6 is 0 Å². The van der Waals surface area contributed by atoms with Gasteiger partial charge < -0.3 is 10.0 Å². The Balaban J connectivity index is 2.37. The predicted molar refractivity (Wildman–Crippen MR) is 62.2 cm³/mol. The Hall–Kier alpha value is -1.63. The highest BCUT2D eigenvalue weighted by atomic mass is 16.3. The molecule has 0 aliphatic carbocycles. The van der Waals surface area contributed by atoms with Gasteiger partial charge in [-0.05, 0) is 6.42 Å². The van der Waals surface area contributed by atoms with Crippen LogP contribution in [0.4, 0.5) is 5.82 Å². The molecular formula is C10H16N4O3. The fourth-order valence-electron chi connectivity index (χ4n) is 1.92. The van der Waals surface area contributed by atoms with Crippen molar-refractivity contribution in [2.24, 2.45) is 14.1 Å². The topological polar surface area (TPSA) is 80.4 Å². The highest BCUT2D eigenvalue weighted by molar-refractivity contribution is 5.41. The van der Waals surface area contributed by atoms with Gasteiger partial charge in [-0.1, -0.05) is 6.92 Å². The van der Waals surface area contributed by atoms with Crippen molar-refractivity contribution < 1.29 is 5.11 Å². The summed E-state index contributed by atoms with van der Waals surface area (Å²) in [6.07, 6.45) is 0.635. The average molecular weight is 240 g/mol. The molecule has 1 N–H and O–H groups in total. The summed E-state index contributed by atoms with van der Waals surface area (Å²) in [6, 6.07) is 0. The molecule has 0 radical (unpaired) electrons. The van der Waals surface area contributed by atoms with Gasteiger partial charge in [-0.2, -0.15) is 0 Å². The van der Waals surface area contributed by atoms with Crippen molar-refractivity contribution in [2.75, 3.05) is 18.0 Å². The van der Waals surface area contributed by atoms with Crippen LogP contribution in [-0.2, 0) is 14.1 Å². The van der Waals surface area contributed by atoms with E-state index < -0.39 is 16.9 Å². The van der Waals surface area contributed by atoms with Crippen LogP contribution in [0.25, 0.3) is 0 Å². The third kappa shape index (κ3) is 1.76. The van der Waals surface area contributed by atoms with Gasteiger partial charge in [-0.25, -0.2) is 9.48 Å². The fraction of sp³-hybridized carbons (Fsp3) is 0.700. The predicted octanol–water partition coefficient (Wildman–Crippen LogP) is -1.56. The van der Waals surface area contributed by atoms with Crippen LogP contribution < -0.4 is 16.1 Å². The summed E-state index contributed by atoms with van der Waals surface area (Å²) in [5, 5.41) is 13.8. The number of hydrogen-bond acceptors (Lipinski definition) is 5. The molecule has 1 fully saturated rings. The Morgan fingerprint density at radius 3 is 2.47 bits per heavy atom. The van der Waals surface area contributed by atoms with Crippen LogP contribution in [0, 0.1) is 0 Å². The zero-order chi connectivity index (χ0) is 12.8. The first-order valence-corrected chi connectivity index (χ1v) is 5.49. The number of β-amino-alcohol motifs (C(OH)–C–C–N with tert-alkyl or cyclic N) is 1. The number of anilines is 1. The van der Waals surface area contributed by atoms with Gasteiger partial charge in [0.05, 0.1) is 18.7 Å². The average Bonchev–Trinajstić information content (AvgIpc) is 2.27. The van der Waals surface area contributed by atoms with E-state index in [0.29, 0.717) is 19.5 Å². The van der Waals surface area contributed by atoms with E-state index in [-0.39, 0.29) is 5.82 Å². The summed E-state index contributed by atoms with van der Waals surface area (Å²) >= 11 is 0. The minimum absolute atomic E-state index is 0.215. The van der Waals surface area contributed by atoms with Gasteiger partial charge >= 0.3 is 5.69 Å². The molecule has 1 aromatic heterocycles. The third-order valence-electron chi connectivity index (χ3n) is 3.23. The molecule has 0 bridgehead atoms. The van der Waals surface area contributed by atoms with E-state index >= 15 is 0 Å². The molecule has 0 saturated carbocycles. The molecule has 1 aliphatic heterocycles. The summed E-state index contributed by atoms with van der Waals surface area (Å²) in [7, 11) is 2.92. The molecule has 2 rings (SSSR count). The van der Waals surface area contributed by atoms with E-state index in [2.05, 4.69) is 5.10 Å². The third-order valence-corrected chi connectivity index (χ3v) is 3.23. The molecule has 2 heterocycles.